The van der Waals surface area contributed by atoms with Crippen molar-refractivity contribution >= 4 is 5.91 Å². The monoisotopic (exact) mass is 269 g/mol. The van der Waals surface area contributed by atoms with Gasteiger partial charge in [0.05, 0.1) is 0 Å². The number of amides is 1. The van der Waals surface area contributed by atoms with Gasteiger partial charge in [0, 0.05) is 19.2 Å². The first-order valence-corrected chi connectivity index (χ1v) is 7.72. The number of nitrogens with zero attached hydrogens (tertiary/aromatic N) is 1. The normalized spacial score (nSPS) is 20.9. The van der Waals surface area contributed by atoms with Crippen molar-refractivity contribution in [3.8, 4) is 0 Å². The molecule has 1 saturated carbocycles. The number of hydrogen-bond donors (Lipinski definition) is 0. The second-order valence-electron chi connectivity index (χ2n) is 6.29. The van der Waals surface area contributed by atoms with Crippen LogP contribution in [0.3, 0.4) is 0 Å². The van der Waals surface area contributed by atoms with Crippen LogP contribution in [0.2, 0.25) is 0 Å². The van der Waals surface area contributed by atoms with E-state index in [1.165, 1.54) is 36.8 Å². The Labute approximate surface area is 121 Å². The van der Waals surface area contributed by atoms with Gasteiger partial charge in [-0.15, -0.1) is 0 Å². The molecule has 1 heterocycles. The molecule has 0 atom stereocenters. The molecule has 20 heavy (non-hydrogen) atoms. The van der Waals surface area contributed by atoms with Crippen LogP contribution in [-0.2, 0) is 10.2 Å². The van der Waals surface area contributed by atoms with Crippen LogP contribution in [0.5, 0.6) is 0 Å². The molecule has 1 aromatic carbocycles. The Morgan fingerprint density at radius 1 is 1.15 bits per heavy atom. The number of aryl methyl sites for hydroxylation is 1. The molecule has 2 nitrogen and oxygen atoms in total. The Morgan fingerprint density at radius 3 is 2.45 bits per heavy atom. The van der Waals surface area contributed by atoms with Gasteiger partial charge in [0.2, 0.25) is 5.91 Å². The maximum atomic E-state index is 11.7. The van der Waals surface area contributed by atoms with Crippen molar-refractivity contribution in [2.45, 2.75) is 44.4 Å². The van der Waals surface area contributed by atoms with Gasteiger partial charge in [0.15, 0.2) is 0 Å². The SMILES string of the molecule is Cc1ccc(C2(CCN3CC=CC3=O)CCCC2)cc1. The van der Waals surface area contributed by atoms with Gasteiger partial charge >= 0.3 is 0 Å². The summed E-state index contributed by atoms with van der Waals surface area (Å²) >= 11 is 0. The molecule has 0 N–H and O–H groups in total. The van der Waals surface area contributed by atoms with Crippen LogP contribution in [0.25, 0.3) is 0 Å². The minimum absolute atomic E-state index is 0.182. The zero-order valence-corrected chi connectivity index (χ0v) is 12.3. The summed E-state index contributed by atoms with van der Waals surface area (Å²) in [4.78, 5) is 13.7. The fourth-order valence-electron chi connectivity index (χ4n) is 3.67. The lowest BCUT2D eigenvalue weighted by molar-refractivity contribution is -0.124. The lowest BCUT2D eigenvalue weighted by Crippen LogP contribution is -2.33. The van der Waals surface area contributed by atoms with Gasteiger partial charge in [-0.2, -0.15) is 0 Å². The van der Waals surface area contributed by atoms with Crippen LogP contribution in [0, 0.1) is 6.92 Å². The zero-order chi connectivity index (χ0) is 14.0. The van der Waals surface area contributed by atoms with Crippen molar-refractivity contribution in [2.75, 3.05) is 13.1 Å². The highest BCUT2D eigenvalue weighted by molar-refractivity contribution is 5.89. The Balaban J connectivity index is 1.74. The minimum atomic E-state index is 0.182. The molecule has 1 aliphatic heterocycles. The average Bonchev–Trinajstić information content (AvgIpc) is 3.07. The number of carbonyl (C=O) groups is 1. The molecule has 1 aromatic rings. The zero-order valence-electron chi connectivity index (χ0n) is 12.3. The van der Waals surface area contributed by atoms with E-state index in [0.29, 0.717) is 5.41 Å². The van der Waals surface area contributed by atoms with Gasteiger partial charge in [0.25, 0.3) is 0 Å². The van der Waals surface area contributed by atoms with Crippen LogP contribution < -0.4 is 0 Å². The van der Waals surface area contributed by atoms with Crippen molar-refractivity contribution in [1.29, 1.82) is 0 Å². The Bertz CT molecular complexity index is 509. The second kappa shape index (κ2) is 5.43. The van der Waals surface area contributed by atoms with E-state index in [4.69, 9.17) is 0 Å². The van der Waals surface area contributed by atoms with Crippen LogP contribution in [0.15, 0.2) is 36.4 Å². The molecule has 2 heteroatoms. The van der Waals surface area contributed by atoms with Gasteiger partial charge in [0.1, 0.15) is 0 Å². The summed E-state index contributed by atoms with van der Waals surface area (Å²) < 4.78 is 0. The standard InChI is InChI=1S/C18H23NO/c1-15-6-8-16(9-7-15)18(10-2-3-11-18)12-14-19-13-4-5-17(19)20/h4-9H,2-3,10-14H2,1H3. The maximum Gasteiger partial charge on any atom is 0.246 e. The highest BCUT2D eigenvalue weighted by atomic mass is 16.2. The molecule has 1 amide bonds. The fraction of sp³-hybridized carbons (Fsp3) is 0.500. The first kappa shape index (κ1) is 13.4. The fourth-order valence-corrected chi connectivity index (χ4v) is 3.67. The van der Waals surface area contributed by atoms with E-state index in [-0.39, 0.29) is 5.91 Å². The van der Waals surface area contributed by atoms with Crippen molar-refractivity contribution < 1.29 is 4.79 Å². The number of hydrogen-bond acceptors (Lipinski definition) is 1. The predicted molar refractivity (Wildman–Crippen MR) is 81.7 cm³/mol. The molecule has 0 saturated heterocycles. The number of carbonyl (C=O) groups excluding carboxylic acids is 1. The van der Waals surface area contributed by atoms with E-state index >= 15 is 0 Å². The molecular formula is C18H23NO. The van der Waals surface area contributed by atoms with E-state index in [1.54, 1.807) is 6.08 Å². The largest absolute Gasteiger partial charge is 0.335 e. The molecular weight excluding hydrogens is 246 g/mol. The van der Waals surface area contributed by atoms with Gasteiger partial charge in [-0.25, -0.2) is 0 Å². The van der Waals surface area contributed by atoms with Crippen molar-refractivity contribution in [2.24, 2.45) is 0 Å². The van der Waals surface area contributed by atoms with E-state index in [1.807, 2.05) is 11.0 Å². The summed E-state index contributed by atoms with van der Waals surface area (Å²) in [7, 11) is 0. The topological polar surface area (TPSA) is 20.3 Å². The molecule has 1 fully saturated rings. The highest BCUT2D eigenvalue weighted by Crippen LogP contribution is 2.44. The second-order valence-corrected chi connectivity index (χ2v) is 6.29. The summed E-state index contributed by atoms with van der Waals surface area (Å²) in [5, 5.41) is 0. The van der Waals surface area contributed by atoms with Gasteiger partial charge in [-0.05, 0) is 37.2 Å². The first-order valence-electron chi connectivity index (χ1n) is 7.72. The smallest absolute Gasteiger partial charge is 0.246 e. The van der Waals surface area contributed by atoms with Crippen LogP contribution >= 0.6 is 0 Å². The average molecular weight is 269 g/mol. The van der Waals surface area contributed by atoms with Crippen molar-refractivity contribution in [1.82, 2.24) is 4.90 Å². The van der Waals surface area contributed by atoms with E-state index < -0.39 is 0 Å². The molecule has 0 radical (unpaired) electrons. The summed E-state index contributed by atoms with van der Waals surface area (Å²) in [5.74, 6) is 0.182. The summed E-state index contributed by atoms with van der Waals surface area (Å²) in [6.45, 7) is 3.82. The van der Waals surface area contributed by atoms with Gasteiger partial charge in [-0.1, -0.05) is 48.7 Å². The third-order valence-electron chi connectivity index (χ3n) is 4.98. The molecule has 3 rings (SSSR count). The molecule has 0 unspecified atom stereocenters. The molecule has 0 bridgehead atoms. The van der Waals surface area contributed by atoms with Crippen LogP contribution in [0.1, 0.15) is 43.2 Å². The number of benzene rings is 1. The molecule has 106 valence electrons. The summed E-state index contributed by atoms with van der Waals surface area (Å²) in [6.07, 6.45) is 9.95. The Morgan fingerprint density at radius 2 is 1.85 bits per heavy atom. The summed E-state index contributed by atoms with van der Waals surface area (Å²) in [5.41, 5.74) is 3.09. The van der Waals surface area contributed by atoms with E-state index in [9.17, 15) is 4.79 Å². The molecule has 0 aromatic heterocycles. The number of rotatable bonds is 4. The summed E-state index contributed by atoms with van der Waals surface area (Å²) in [6, 6.07) is 9.03. The van der Waals surface area contributed by atoms with Gasteiger partial charge in [-0.3, -0.25) is 4.79 Å². The molecule has 1 aliphatic carbocycles. The third kappa shape index (κ3) is 2.52. The molecule has 2 aliphatic rings. The van der Waals surface area contributed by atoms with Crippen LogP contribution in [-0.4, -0.2) is 23.9 Å². The van der Waals surface area contributed by atoms with Crippen LogP contribution in [0.4, 0.5) is 0 Å². The molecule has 0 spiro atoms. The van der Waals surface area contributed by atoms with Crippen molar-refractivity contribution in [3.63, 3.8) is 0 Å². The van der Waals surface area contributed by atoms with Gasteiger partial charge < -0.3 is 4.90 Å². The lowest BCUT2D eigenvalue weighted by atomic mass is 9.76. The van der Waals surface area contributed by atoms with Crippen molar-refractivity contribution in [3.05, 3.63) is 47.5 Å². The quantitative estimate of drug-likeness (QED) is 0.818. The predicted octanol–water partition coefficient (Wildman–Crippen LogP) is 3.60. The Hall–Kier alpha value is -1.57. The lowest BCUT2D eigenvalue weighted by Gasteiger charge is -2.32. The minimum Gasteiger partial charge on any atom is -0.335 e. The van der Waals surface area contributed by atoms with E-state index in [0.717, 1.165) is 19.5 Å². The first-order chi connectivity index (χ1) is 9.70. The highest BCUT2D eigenvalue weighted by Gasteiger charge is 2.36. The third-order valence-corrected chi connectivity index (χ3v) is 4.98. The Kier molecular flexibility index (Phi) is 3.64. The maximum absolute atomic E-state index is 11.7. The van der Waals surface area contributed by atoms with E-state index in [2.05, 4.69) is 31.2 Å².